The molecule has 2 amide bonds. The zero-order valence-corrected chi connectivity index (χ0v) is 16.8. The number of nitrogens with zero attached hydrogens (tertiary/aromatic N) is 1. The molecular formula is C20H21N3O6S. The summed E-state index contributed by atoms with van der Waals surface area (Å²) in [4.78, 5) is 38.9. The molecular weight excluding hydrogens is 410 g/mol. The second-order valence-corrected chi connectivity index (χ2v) is 8.69. The smallest absolute Gasteiger partial charge is 0.354 e. The second-order valence-electron chi connectivity index (χ2n) is 7.01. The zero-order valence-electron chi connectivity index (χ0n) is 16.0. The van der Waals surface area contributed by atoms with Gasteiger partial charge >= 0.3 is 5.97 Å². The number of hydrogen-bond acceptors (Lipinski definition) is 6. The van der Waals surface area contributed by atoms with Crippen LogP contribution in [0.5, 0.6) is 0 Å². The molecule has 1 aromatic carbocycles. The first-order valence-electron chi connectivity index (χ1n) is 9.44. The van der Waals surface area contributed by atoms with Gasteiger partial charge in [-0.3, -0.25) is 9.59 Å². The lowest BCUT2D eigenvalue weighted by molar-refractivity contribution is 0.0689. The van der Waals surface area contributed by atoms with E-state index in [0.29, 0.717) is 0 Å². The first kappa shape index (κ1) is 21.4. The van der Waals surface area contributed by atoms with Crippen molar-refractivity contribution in [3.05, 3.63) is 59.4 Å². The minimum Gasteiger partial charge on any atom is -0.477 e. The summed E-state index contributed by atoms with van der Waals surface area (Å²) in [6.07, 6.45) is 6.01. The predicted octanol–water partition coefficient (Wildman–Crippen LogP) is 1.96. The first-order valence-corrected chi connectivity index (χ1v) is 10.9. The molecule has 0 aliphatic heterocycles. The summed E-state index contributed by atoms with van der Waals surface area (Å²) >= 11 is 0. The highest BCUT2D eigenvalue weighted by Crippen LogP contribution is 2.18. The average Bonchev–Trinajstić information content (AvgIpc) is 2.74. The number of benzene rings is 1. The van der Waals surface area contributed by atoms with Gasteiger partial charge in [0.2, 0.25) is 0 Å². The number of aromatic nitrogens is 1. The van der Waals surface area contributed by atoms with Gasteiger partial charge in [0.05, 0.1) is 10.5 Å². The molecule has 30 heavy (non-hydrogen) atoms. The predicted molar refractivity (Wildman–Crippen MR) is 107 cm³/mol. The summed E-state index contributed by atoms with van der Waals surface area (Å²) in [5, 5.41) is 11.7. The first-order chi connectivity index (χ1) is 14.3. The van der Waals surface area contributed by atoms with Gasteiger partial charge in [0.1, 0.15) is 5.69 Å². The molecule has 1 saturated carbocycles. The molecule has 1 aliphatic rings. The molecule has 3 N–H and O–H groups in total. The van der Waals surface area contributed by atoms with Crippen LogP contribution in [-0.4, -0.2) is 42.3 Å². The van der Waals surface area contributed by atoms with Crippen LogP contribution in [0.1, 0.15) is 63.3 Å². The number of amides is 2. The molecule has 158 valence electrons. The molecule has 1 aromatic heterocycles. The lowest BCUT2D eigenvalue weighted by atomic mass is 9.95. The van der Waals surface area contributed by atoms with Gasteiger partial charge in [-0.15, -0.1) is 0 Å². The Balaban J connectivity index is 1.72. The molecule has 0 radical (unpaired) electrons. The Labute approximate surface area is 173 Å². The van der Waals surface area contributed by atoms with E-state index in [-0.39, 0.29) is 33.7 Å². The van der Waals surface area contributed by atoms with E-state index in [1.165, 1.54) is 24.3 Å². The van der Waals surface area contributed by atoms with Crippen LogP contribution in [-0.2, 0) is 10.0 Å². The number of nitrogens with one attached hydrogen (secondary N) is 2. The number of carbonyl (C=O) groups excluding carboxylic acids is 2. The maximum absolute atomic E-state index is 12.6. The molecule has 0 saturated heterocycles. The van der Waals surface area contributed by atoms with Crippen molar-refractivity contribution in [1.29, 1.82) is 0 Å². The van der Waals surface area contributed by atoms with Crippen LogP contribution >= 0.6 is 0 Å². The Morgan fingerprint density at radius 3 is 2.33 bits per heavy atom. The highest BCUT2D eigenvalue weighted by atomic mass is 32.2. The van der Waals surface area contributed by atoms with E-state index in [2.05, 4.69) is 10.3 Å². The molecule has 1 fully saturated rings. The van der Waals surface area contributed by atoms with Crippen molar-refractivity contribution >= 4 is 27.8 Å². The summed E-state index contributed by atoms with van der Waals surface area (Å²) < 4.78 is 27.1. The van der Waals surface area contributed by atoms with Crippen molar-refractivity contribution in [3.8, 4) is 0 Å². The van der Waals surface area contributed by atoms with E-state index in [0.717, 1.165) is 50.4 Å². The van der Waals surface area contributed by atoms with E-state index < -0.39 is 21.9 Å². The van der Waals surface area contributed by atoms with Gasteiger partial charge in [-0.1, -0.05) is 25.3 Å². The molecule has 9 nitrogen and oxygen atoms in total. The molecule has 0 atom stereocenters. The molecule has 0 unspecified atom stereocenters. The summed E-state index contributed by atoms with van der Waals surface area (Å²) in [7, 11) is -4.25. The van der Waals surface area contributed by atoms with Gasteiger partial charge in [0, 0.05) is 17.8 Å². The van der Waals surface area contributed by atoms with E-state index in [1.807, 2.05) is 4.72 Å². The molecule has 0 bridgehead atoms. The average molecular weight is 431 g/mol. The van der Waals surface area contributed by atoms with Crippen LogP contribution in [0, 0.1) is 0 Å². The van der Waals surface area contributed by atoms with Crippen LogP contribution in [0.3, 0.4) is 0 Å². The number of carbonyl (C=O) groups is 3. The van der Waals surface area contributed by atoms with Crippen molar-refractivity contribution in [2.75, 3.05) is 0 Å². The van der Waals surface area contributed by atoms with E-state index in [4.69, 9.17) is 5.11 Å². The summed E-state index contributed by atoms with van der Waals surface area (Å²) in [5.74, 6) is -2.59. The highest BCUT2D eigenvalue weighted by molar-refractivity contribution is 7.90. The third-order valence-electron chi connectivity index (χ3n) is 4.82. The molecule has 3 rings (SSSR count). The highest BCUT2D eigenvalue weighted by Gasteiger charge is 2.22. The minimum atomic E-state index is -4.25. The Morgan fingerprint density at radius 2 is 1.70 bits per heavy atom. The number of rotatable bonds is 6. The van der Waals surface area contributed by atoms with Gasteiger partial charge in [-0.2, -0.15) is 0 Å². The molecule has 10 heteroatoms. The summed E-state index contributed by atoms with van der Waals surface area (Å²) in [5.41, 5.74) is -0.204. The fourth-order valence-corrected chi connectivity index (χ4v) is 4.23. The third-order valence-corrected chi connectivity index (χ3v) is 6.15. The standard InChI is InChI=1S/C20H21N3O6S/c24-18(22-15-6-2-1-3-7-15)13-5-4-8-16(11-13)30(28,29)23-19(25)14-9-10-17(20(26)27)21-12-14/h4-5,8-12,15H,1-3,6-7H2,(H,22,24)(H,23,25)(H,26,27). The number of sulfonamides is 1. The van der Waals surface area contributed by atoms with Gasteiger partial charge in [-0.25, -0.2) is 22.9 Å². The maximum atomic E-state index is 12.6. The lowest BCUT2D eigenvalue weighted by Crippen LogP contribution is -2.36. The molecule has 1 heterocycles. The zero-order chi connectivity index (χ0) is 21.7. The molecule has 1 aliphatic carbocycles. The van der Waals surface area contributed by atoms with Gasteiger partial charge in [-0.05, 0) is 43.2 Å². The molecule has 2 aromatic rings. The fourth-order valence-electron chi connectivity index (χ4n) is 3.21. The largest absolute Gasteiger partial charge is 0.477 e. The Bertz CT molecular complexity index is 1060. The summed E-state index contributed by atoms with van der Waals surface area (Å²) in [6.45, 7) is 0. The minimum absolute atomic E-state index is 0.0764. The van der Waals surface area contributed by atoms with Crippen LogP contribution in [0.25, 0.3) is 0 Å². The quantitative estimate of drug-likeness (QED) is 0.634. The van der Waals surface area contributed by atoms with Crippen LogP contribution in [0.2, 0.25) is 0 Å². The van der Waals surface area contributed by atoms with Crippen LogP contribution < -0.4 is 10.0 Å². The monoisotopic (exact) mass is 431 g/mol. The normalized spacial score (nSPS) is 14.7. The Hall–Kier alpha value is -3.27. The van der Waals surface area contributed by atoms with Crippen molar-refractivity contribution in [2.45, 2.75) is 43.0 Å². The van der Waals surface area contributed by atoms with Crippen molar-refractivity contribution in [3.63, 3.8) is 0 Å². The van der Waals surface area contributed by atoms with E-state index in [1.54, 1.807) is 0 Å². The maximum Gasteiger partial charge on any atom is 0.354 e. The van der Waals surface area contributed by atoms with Crippen molar-refractivity contribution in [1.82, 2.24) is 15.0 Å². The number of carboxylic acids is 1. The Morgan fingerprint density at radius 1 is 0.967 bits per heavy atom. The SMILES string of the molecule is O=C(NC1CCCCC1)c1cccc(S(=O)(=O)NC(=O)c2ccc(C(=O)O)nc2)c1. The van der Waals surface area contributed by atoms with Crippen molar-refractivity contribution in [2.24, 2.45) is 0 Å². The van der Waals surface area contributed by atoms with Gasteiger partial charge in [0.25, 0.3) is 21.8 Å². The number of hydrogen-bond donors (Lipinski definition) is 3. The number of aromatic carboxylic acids is 1. The third kappa shape index (κ3) is 5.20. The second kappa shape index (κ2) is 9.04. The summed E-state index contributed by atoms with van der Waals surface area (Å²) in [6, 6.07) is 7.76. The number of pyridine rings is 1. The molecule has 0 spiro atoms. The van der Waals surface area contributed by atoms with Gasteiger partial charge < -0.3 is 10.4 Å². The van der Waals surface area contributed by atoms with E-state index in [9.17, 15) is 22.8 Å². The van der Waals surface area contributed by atoms with E-state index >= 15 is 0 Å². The number of carboxylic acid groups (broad SMARTS) is 1. The Kier molecular flexibility index (Phi) is 6.46. The fraction of sp³-hybridized carbons (Fsp3) is 0.300. The van der Waals surface area contributed by atoms with Gasteiger partial charge in [0.15, 0.2) is 0 Å². The van der Waals surface area contributed by atoms with Crippen molar-refractivity contribution < 1.29 is 27.9 Å². The lowest BCUT2D eigenvalue weighted by Gasteiger charge is -2.22. The van der Waals surface area contributed by atoms with Crippen LogP contribution in [0.15, 0.2) is 47.5 Å². The van der Waals surface area contributed by atoms with Crippen LogP contribution in [0.4, 0.5) is 0 Å². The topological polar surface area (TPSA) is 143 Å².